The second-order valence-corrected chi connectivity index (χ2v) is 20.7. The first-order valence-electron chi connectivity index (χ1n) is 10.4. The van der Waals surface area contributed by atoms with Crippen molar-refractivity contribution in [3.8, 4) is 0 Å². The van der Waals surface area contributed by atoms with Gasteiger partial charge in [0, 0.05) is 5.92 Å². The summed E-state index contributed by atoms with van der Waals surface area (Å²) in [5, 5.41) is 0.129. The monoisotopic (exact) mass is 429 g/mol. The minimum absolute atomic E-state index is 0.0574. The summed E-state index contributed by atoms with van der Waals surface area (Å²) in [5.41, 5.74) is -0.536. The second kappa shape index (κ2) is 8.52. The van der Waals surface area contributed by atoms with E-state index in [0.29, 0.717) is 13.2 Å². The number of nitrogens with zero attached hydrogens (tertiary/aromatic N) is 1. The van der Waals surface area contributed by atoms with Crippen molar-refractivity contribution in [2.75, 3.05) is 13.2 Å². The van der Waals surface area contributed by atoms with E-state index in [1.54, 1.807) is 4.90 Å². The lowest BCUT2D eigenvalue weighted by Gasteiger charge is -2.43. The van der Waals surface area contributed by atoms with Crippen LogP contribution in [0, 0.1) is 5.92 Å². The van der Waals surface area contributed by atoms with Crippen molar-refractivity contribution >= 4 is 22.7 Å². The third kappa shape index (κ3) is 7.56. The largest absolute Gasteiger partial charge is 0.546 e. The normalized spacial score (nSPS) is 22.0. The van der Waals surface area contributed by atoms with Gasteiger partial charge in [0.25, 0.3) is 0 Å². The summed E-state index contributed by atoms with van der Waals surface area (Å²) in [4.78, 5) is 14.8. The molecule has 0 bridgehead atoms. The van der Waals surface area contributed by atoms with E-state index in [-0.39, 0.29) is 23.1 Å². The van der Waals surface area contributed by atoms with Crippen LogP contribution in [0.3, 0.4) is 0 Å². The molecule has 1 heterocycles. The highest BCUT2D eigenvalue weighted by Crippen LogP contribution is 2.37. The molecule has 28 heavy (non-hydrogen) atoms. The summed E-state index contributed by atoms with van der Waals surface area (Å²) in [6, 6.07) is -0.0574. The van der Waals surface area contributed by atoms with Crippen molar-refractivity contribution in [3.63, 3.8) is 0 Å². The van der Waals surface area contributed by atoms with Gasteiger partial charge in [-0.05, 0) is 64.6 Å². The Balaban J connectivity index is 3.09. The number of hydrogen-bond acceptors (Lipinski definition) is 4. The van der Waals surface area contributed by atoms with Crippen molar-refractivity contribution in [2.45, 2.75) is 97.9 Å². The van der Waals surface area contributed by atoms with Crippen molar-refractivity contribution in [3.05, 3.63) is 11.8 Å². The quantitative estimate of drug-likeness (QED) is 0.503. The molecule has 0 aromatic heterocycles. The standard InChI is InChI=1S/C21H43NO4Si2/c1-16-13-17(26-27(8,9)10)14-22(19(23)25-20(2,3)4)18(16)15-24-28(11,12)21(5,6)7/h13,16,18H,14-15H2,1-12H3. The van der Waals surface area contributed by atoms with Gasteiger partial charge in [0.05, 0.1) is 25.0 Å². The molecule has 0 N–H and O–H groups in total. The highest BCUT2D eigenvalue weighted by Gasteiger charge is 2.41. The van der Waals surface area contributed by atoms with E-state index in [1.165, 1.54) is 0 Å². The van der Waals surface area contributed by atoms with Crippen LogP contribution < -0.4 is 0 Å². The van der Waals surface area contributed by atoms with Gasteiger partial charge in [-0.2, -0.15) is 0 Å². The third-order valence-electron chi connectivity index (χ3n) is 5.27. The molecule has 1 aliphatic rings. The van der Waals surface area contributed by atoms with E-state index in [9.17, 15) is 4.79 Å². The van der Waals surface area contributed by atoms with Crippen LogP contribution in [0.5, 0.6) is 0 Å². The van der Waals surface area contributed by atoms with Crippen LogP contribution in [0.1, 0.15) is 48.5 Å². The number of hydrogen-bond donors (Lipinski definition) is 0. The molecule has 0 saturated heterocycles. The van der Waals surface area contributed by atoms with Crippen molar-refractivity contribution < 1.29 is 18.4 Å². The summed E-state index contributed by atoms with van der Waals surface area (Å²) in [7, 11) is -3.66. The summed E-state index contributed by atoms with van der Waals surface area (Å²) >= 11 is 0. The fourth-order valence-electron chi connectivity index (χ4n) is 2.76. The fourth-order valence-corrected chi connectivity index (χ4v) is 4.70. The molecule has 1 rings (SSSR count). The van der Waals surface area contributed by atoms with E-state index in [0.717, 1.165) is 5.76 Å². The van der Waals surface area contributed by atoms with Gasteiger partial charge in [0.2, 0.25) is 8.32 Å². The molecule has 0 saturated carbocycles. The minimum atomic E-state index is -1.91. The molecule has 0 fully saturated rings. The van der Waals surface area contributed by atoms with Gasteiger partial charge >= 0.3 is 6.09 Å². The molecule has 2 atom stereocenters. The number of ether oxygens (including phenoxy) is 1. The average Bonchev–Trinajstić information content (AvgIpc) is 2.40. The smallest absolute Gasteiger partial charge is 0.411 e. The first-order valence-corrected chi connectivity index (χ1v) is 16.7. The zero-order valence-corrected chi connectivity index (χ0v) is 22.2. The Bertz CT molecular complexity index is 583. The van der Waals surface area contributed by atoms with Crippen molar-refractivity contribution in [1.29, 1.82) is 0 Å². The van der Waals surface area contributed by atoms with Gasteiger partial charge in [0.15, 0.2) is 8.32 Å². The number of amides is 1. The molecular weight excluding hydrogens is 386 g/mol. The predicted octanol–water partition coefficient (Wildman–Crippen LogP) is 6.00. The zero-order chi connectivity index (χ0) is 22.1. The van der Waals surface area contributed by atoms with Crippen LogP contribution in [0.25, 0.3) is 0 Å². The Labute approximate surface area is 175 Å². The average molecular weight is 430 g/mol. The van der Waals surface area contributed by atoms with Crippen LogP contribution in [0.2, 0.25) is 37.8 Å². The molecule has 7 heteroatoms. The van der Waals surface area contributed by atoms with Crippen LogP contribution in [-0.2, 0) is 13.6 Å². The van der Waals surface area contributed by atoms with E-state index >= 15 is 0 Å². The van der Waals surface area contributed by atoms with E-state index < -0.39 is 22.2 Å². The first kappa shape index (κ1) is 25.2. The minimum Gasteiger partial charge on any atom is -0.546 e. The van der Waals surface area contributed by atoms with Gasteiger partial charge in [0.1, 0.15) is 5.60 Å². The maximum absolute atomic E-state index is 13.0. The Morgan fingerprint density at radius 2 is 1.64 bits per heavy atom. The van der Waals surface area contributed by atoms with Crippen LogP contribution >= 0.6 is 0 Å². The predicted molar refractivity (Wildman–Crippen MR) is 122 cm³/mol. The van der Waals surface area contributed by atoms with Crippen LogP contribution in [0.4, 0.5) is 4.79 Å². The van der Waals surface area contributed by atoms with Crippen molar-refractivity contribution in [1.82, 2.24) is 4.90 Å². The highest BCUT2D eigenvalue weighted by atomic mass is 28.4. The van der Waals surface area contributed by atoms with E-state index in [2.05, 4.69) is 66.5 Å². The molecular formula is C21H43NO4Si2. The molecule has 0 aliphatic carbocycles. The van der Waals surface area contributed by atoms with E-state index in [1.807, 2.05) is 20.8 Å². The van der Waals surface area contributed by atoms with Crippen LogP contribution in [0.15, 0.2) is 11.8 Å². The lowest BCUT2D eigenvalue weighted by atomic mass is 9.96. The number of carbonyl (C=O) groups is 1. The number of carbonyl (C=O) groups excluding carboxylic acids is 1. The summed E-state index contributed by atoms with van der Waals surface area (Å²) < 4.78 is 18.4. The second-order valence-electron chi connectivity index (χ2n) is 11.5. The molecule has 164 valence electrons. The molecule has 5 nitrogen and oxygen atoms in total. The molecule has 1 amide bonds. The third-order valence-corrected chi connectivity index (χ3v) is 10.6. The van der Waals surface area contributed by atoms with Gasteiger partial charge < -0.3 is 13.6 Å². The molecule has 1 aliphatic heterocycles. The molecule has 2 unspecified atom stereocenters. The molecule has 0 aromatic rings. The van der Waals surface area contributed by atoms with E-state index in [4.69, 9.17) is 13.6 Å². The number of rotatable bonds is 5. The van der Waals surface area contributed by atoms with Gasteiger partial charge in [-0.1, -0.05) is 27.7 Å². The van der Waals surface area contributed by atoms with Gasteiger partial charge in [-0.15, -0.1) is 0 Å². The molecule has 0 aromatic carbocycles. The molecule has 0 spiro atoms. The Morgan fingerprint density at radius 1 is 1.11 bits per heavy atom. The fraction of sp³-hybridized carbons (Fsp3) is 0.857. The zero-order valence-electron chi connectivity index (χ0n) is 20.2. The topological polar surface area (TPSA) is 48.0 Å². The summed E-state index contributed by atoms with van der Waals surface area (Å²) in [5.74, 6) is 1.01. The van der Waals surface area contributed by atoms with Crippen molar-refractivity contribution in [2.24, 2.45) is 5.92 Å². The lowest BCUT2D eigenvalue weighted by Crippen LogP contribution is -2.54. The van der Waals surface area contributed by atoms with Gasteiger partial charge in [-0.25, -0.2) is 4.79 Å². The highest BCUT2D eigenvalue weighted by molar-refractivity contribution is 6.74. The summed E-state index contributed by atoms with van der Waals surface area (Å²) in [6.07, 6.45) is 1.87. The Hall–Kier alpha value is -0.796. The SMILES string of the molecule is CC1C=C(O[Si](C)(C)C)CN(C(=O)OC(C)(C)C)C1CO[Si](C)(C)C(C)(C)C. The first-order chi connectivity index (χ1) is 12.3. The summed E-state index contributed by atoms with van der Waals surface area (Å²) in [6.45, 7) is 26.4. The maximum atomic E-state index is 13.0. The molecule has 0 radical (unpaired) electrons. The van der Waals surface area contributed by atoms with Crippen LogP contribution in [-0.4, -0.2) is 52.4 Å². The lowest BCUT2D eigenvalue weighted by molar-refractivity contribution is 0.00210. The Kier molecular flexibility index (Phi) is 7.68. The maximum Gasteiger partial charge on any atom is 0.411 e. The Morgan fingerprint density at radius 3 is 2.07 bits per heavy atom. The van der Waals surface area contributed by atoms with Gasteiger partial charge in [-0.3, -0.25) is 4.90 Å².